The van der Waals surface area contributed by atoms with E-state index in [1.807, 2.05) is 0 Å². The molecule has 0 aliphatic rings. The van der Waals surface area contributed by atoms with E-state index in [4.69, 9.17) is 17.0 Å². The Morgan fingerprint density at radius 1 is 0.857 bits per heavy atom. The number of rotatable bonds is 1. The summed E-state index contributed by atoms with van der Waals surface area (Å²) in [4.78, 5) is 0. The lowest BCUT2D eigenvalue weighted by Gasteiger charge is -2.07. The number of nitrogen functional groups attached to an aromatic ring is 2. The molecule has 2 heteroatoms. The molecule has 0 saturated carbocycles. The summed E-state index contributed by atoms with van der Waals surface area (Å²) in [6, 6.07) is 6.01. The molecule has 2 aromatic carbocycles. The minimum atomic E-state index is 0.0406. The minimum absolute atomic E-state index is 0.0406. The summed E-state index contributed by atoms with van der Waals surface area (Å²) < 4.78 is 30.5. The monoisotopic (exact) mass is 192 g/mol. The number of para-hydroxylation sites is 2. The topological polar surface area (TPSA) is 52.0 Å². The Hall–Kier alpha value is -1.96. The highest BCUT2D eigenvalue weighted by atomic mass is 14.6. The lowest BCUT2D eigenvalue weighted by atomic mass is 10.0. The van der Waals surface area contributed by atoms with E-state index in [-0.39, 0.29) is 35.5 Å². The predicted molar refractivity (Wildman–Crippen MR) is 60.7 cm³/mol. The zero-order valence-electron chi connectivity index (χ0n) is 11.5. The van der Waals surface area contributed by atoms with Crippen molar-refractivity contribution in [3.63, 3.8) is 0 Å². The first kappa shape index (κ1) is 5.05. The molecule has 0 aliphatic heterocycles. The summed E-state index contributed by atoms with van der Waals surface area (Å²) in [5, 5.41) is 0. The fraction of sp³-hybridized carbons (Fsp3) is 0. The Bertz CT molecular complexity index is 570. The van der Waals surface area contributed by atoms with Gasteiger partial charge in [-0.2, -0.15) is 0 Å². The molecule has 0 spiro atoms. The van der Waals surface area contributed by atoms with Crippen LogP contribution in [-0.2, 0) is 0 Å². The number of hydrogen-bond acceptors (Lipinski definition) is 2. The van der Waals surface area contributed by atoms with Crippen LogP contribution in [0.1, 0.15) is 5.48 Å². The Morgan fingerprint density at radius 2 is 1.29 bits per heavy atom. The first-order chi connectivity index (χ1) is 8.40. The van der Waals surface area contributed by atoms with E-state index in [1.165, 1.54) is 24.3 Å². The second kappa shape index (κ2) is 3.42. The van der Waals surface area contributed by atoms with E-state index in [9.17, 15) is 0 Å². The van der Waals surface area contributed by atoms with E-state index in [2.05, 4.69) is 0 Å². The molecule has 0 amide bonds. The van der Waals surface area contributed by atoms with Gasteiger partial charge in [-0.05, 0) is 12.1 Å². The molecule has 0 saturated heterocycles. The number of anilines is 2. The molecule has 0 bridgehead atoms. The van der Waals surface area contributed by atoms with Crippen molar-refractivity contribution in [1.29, 1.82) is 0 Å². The smallest absolute Gasteiger partial charge is 0.0645 e. The van der Waals surface area contributed by atoms with Gasteiger partial charge in [0.05, 0.1) is 5.48 Å². The van der Waals surface area contributed by atoms with Crippen LogP contribution in [0.25, 0.3) is 11.1 Å². The summed E-state index contributed by atoms with van der Waals surface area (Å²) in [6.07, 6.45) is 0. The van der Waals surface area contributed by atoms with E-state index in [0.717, 1.165) is 0 Å². The summed E-state index contributed by atoms with van der Waals surface area (Å²) in [5.74, 6) is 0. The van der Waals surface area contributed by atoms with E-state index < -0.39 is 0 Å². The molecule has 0 atom stereocenters. The van der Waals surface area contributed by atoms with Crippen LogP contribution >= 0.6 is 0 Å². The summed E-state index contributed by atoms with van der Waals surface area (Å²) in [5.41, 5.74) is 12.8. The van der Waals surface area contributed by atoms with Crippen LogP contribution in [0.4, 0.5) is 11.4 Å². The van der Waals surface area contributed by atoms with Gasteiger partial charge in [-0.15, -0.1) is 0 Å². The average Bonchev–Trinajstić information content (AvgIpc) is 2.28. The highest BCUT2D eigenvalue weighted by molar-refractivity contribution is 5.83. The molecule has 0 heterocycles. The van der Waals surface area contributed by atoms with Crippen LogP contribution in [0.15, 0.2) is 48.4 Å². The van der Waals surface area contributed by atoms with Crippen molar-refractivity contribution in [2.45, 2.75) is 0 Å². The molecule has 0 aliphatic carbocycles. The first-order valence-corrected chi connectivity index (χ1v) is 4.14. The second-order valence-electron chi connectivity index (χ2n) is 2.85. The van der Waals surface area contributed by atoms with E-state index in [1.54, 1.807) is 0 Å². The molecule has 4 N–H and O–H groups in total. The lowest BCUT2D eigenvalue weighted by Crippen LogP contribution is -1.93. The van der Waals surface area contributed by atoms with E-state index in [0.29, 0.717) is 11.1 Å². The van der Waals surface area contributed by atoms with Crippen LogP contribution in [0.5, 0.6) is 0 Å². The molecular weight excluding hydrogens is 172 g/mol. The lowest BCUT2D eigenvalue weighted by molar-refractivity contribution is 1.60. The predicted octanol–water partition coefficient (Wildman–Crippen LogP) is 2.52. The van der Waals surface area contributed by atoms with Crippen molar-refractivity contribution >= 4 is 11.4 Å². The van der Waals surface area contributed by atoms with Gasteiger partial charge in [0.15, 0.2) is 0 Å². The van der Waals surface area contributed by atoms with Gasteiger partial charge >= 0.3 is 0 Å². The Kier molecular flexibility index (Phi) is 1.23. The average molecular weight is 192 g/mol. The van der Waals surface area contributed by atoms with Gasteiger partial charge in [-0.1, -0.05) is 36.4 Å². The van der Waals surface area contributed by atoms with Crippen LogP contribution in [0, 0.1) is 0 Å². The Morgan fingerprint density at radius 3 is 1.71 bits per heavy atom. The summed E-state index contributed by atoms with van der Waals surface area (Å²) in [6.45, 7) is 0. The summed E-state index contributed by atoms with van der Waals surface area (Å²) in [7, 11) is 0. The third kappa shape index (κ3) is 1.42. The van der Waals surface area contributed by atoms with Gasteiger partial charge in [0.25, 0.3) is 0 Å². The molecule has 0 fully saturated rings. The quantitative estimate of drug-likeness (QED) is 0.682. The first-order valence-electron chi connectivity index (χ1n) is 6.14. The van der Waals surface area contributed by atoms with Crippen LogP contribution in [-0.4, -0.2) is 0 Å². The molecule has 0 unspecified atom stereocenters. The van der Waals surface area contributed by atoms with Crippen molar-refractivity contribution < 1.29 is 5.48 Å². The highest BCUT2D eigenvalue weighted by Gasteiger charge is 2.03. The third-order valence-corrected chi connectivity index (χ3v) is 1.95. The molecule has 14 heavy (non-hydrogen) atoms. The van der Waals surface area contributed by atoms with Crippen molar-refractivity contribution in [1.82, 2.24) is 0 Å². The van der Waals surface area contributed by atoms with Crippen LogP contribution in [0.2, 0.25) is 0 Å². The zero-order chi connectivity index (χ0) is 13.4. The molecular formula is C12H12N2. The zero-order valence-corrected chi connectivity index (χ0v) is 7.46. The SMILES string of the molecule is [3H]c1cc([3H])c(N)c(-c2cc([3H])cc([3H])c2N)c1. The molecule has 0 aromatic heterocycles. The van der Waals surface area contributed by atoms with Gasteiger partial charge < -0.3 is 11.5 Å². The van der Waals surface area contributed by atoms with Gasteiger partial charge in [-0.3, -0.25) is 0 Å². The Labute approximate surface area is 88.8 Å². The fourth-order valence-electron chi connectivity index (χ4n) is 1.25. The van der Waals surface area contributed by atoms with E-state index >= 15 is 0 Å². The van der Waals surface area contributed by atoms with Gasteiger partial charge in [-0.25, -0.2) is 0 Å². The standard InChI is InChI=1S/C12H12N2/c13-11-7-3-1-5-9(11)10-6-2-4-8-12(10)14/h1-8H,13-14H2/i1T,2T,7T,8T. The van der Waals surface area contributed by atoms with Crippen molar-refractivity contribution in [2.24, 2.45) is 0 Å². The molecule has 2 aromatic rings. The second-order valence-corrected chi connectivity index (χ2v) is 2.85. The molecule has 70 valence electrons. The maximum atomic E-state index is 7.65. The fourth-order valence-corrected chi connectivity index (χ4v) is 1.25. The van der Waals surface area contributed by atoms with Gasteiger partial charge in [0.1, 0.15) is 0 Å². The number of benzene rings is 2. The molecule has 2 rings (SSSR count). The maximum absolute atomic E-state index is 7.65. The van der Waals surface area contributed by atoms with Gasteiger partial charge in [0, 0.05) is 22.5 Å². The summed E-state index contributed by atoms with van der Waals surface area (Å²) >= 11 is 0. The molecule has 0 radical (unpaired) electrons. The number of hydrogen-bond donors (Lipinski definition) is 2. The minimum Gasteiger partial charge on any atom is -0.398 e. The van der Waals surface area contributed by atoms with Crippen molar-refractivity contribution in [3.05, 3.63) is 48.4 Å². The van der Waals surface area contributed by atoms with Gasteiger partial charge in [0.2, 0.25) is 0 Å². The van der Waals surface area contributed by atoms with Crippen molar-refractivity contribution in [3.8, 4) is 11.1 Å². The largest absolute Gasteiger partial charge is 0.398 e. The van der Waals surface area contributed by atoms with Crippen LogP contribution in [0.3, 0.4) is 0 Å². The molecule has 2 nitrogen and oxygen atoms in total. The number of nitrogens with two attached hydrogens (primary N) is 2. The van der Waals surface area contributed by atoms with Crippen molar-refractivity contribution in [2.75, 3.05) is 11.5 Å². The van der Waals surface area contributed by atoms with Crippen LogP contribution < -0.4 is 11.5 Å². The third-order valence-electron chi connectivity index (χ3n) is 1.95. The Balaban J connectivity index is 2.77. The normalized spacial score (nSPS) is 14.0. The highest BCUT2D eigenvalue weighted by Crippen LogP contribution is 2.29. The maximum Gasteiger partial charge on any atom is 0.0645 e.